The van der Waals surface area contributed by atoms with E-state index < -0.39 is 5.92 Å². The number of halogens is 2. The van der Waals surface area contributed by atoms with E-state index in [2.05, 4.69) is 4.98 Å². The van der Waals surface area contributed by atoms with E-state index >= 15 is 0 Å². The van der Waals surface area contributed by atoms with Gasteiger partial charge in [-0.3, -0.25) is 0 Å². The smallest absolute Gasteiger partial charge is 0.267 e. The van der Waals surface area contributed by atoms with Crippen LogP contribution in [0, 0.1) is 0 Å². The number of nitrogens with two attached hydrogens (primary N) is 1. The number of alkyl halides is 2. The lowest BCUT2D eigenvalue weighted by molar-refractivity contribution is 0.0257. The molecule has 2 N–H and O–H groups in total. The third-order valence-corrected chi connectivity index (χ3v) is 3.94. The molecule has 90 valence electrons. The van der Waals surface area contributed by atoms with Crippen LogP contribution in [0.3, 0.4) is 0 Å². The largest absolute Gasteiger partial charge is 0.399 e. The van der Waals surface area contributed by atoms with Crippen LogP contribution in [0.4, 0.5) is 19.6 Å². The van der Waals surface area contributed by atoms with Crippen molar-refractivity contribution in [2.24, 2.45) is 0 Å². The highest BCUT2D eigenvalue weighted by Crippen LogP contribution is 2.35. The Morgan fingerprint density at radius 3 is 2.94 bits per heavy atom. The van der Waals surface area contributed by atoms with E-state index in [1.807, 2.05) is 6.07 Å². The van der Waals surface area contributed by atoms with E-state index in [1.54, 1.807) is 17.0 Å². The van der Waals surface area contributed by atoms with Crippen LogP contribution in [-0.2, 0) is 0 Å². The van der Waals surface area contributed by atoms with Crippen LogP contribution in [0.2, 0.25) is 0 Å². The number of aromatic nitrogens is 1. The molecule has 1 aromatic heterocycles. The molecule has 0 amide bonds. The summed E-state index contributed by atoms with van der Waals surface area (Å²) in [5, 5.41) is 0.655. The molecule has 0 aliphatic carbocycles. The maximum atomic E-state index is 13.1. The Hall–Kier alpha value is -1.43. The van der Waals surface area contributed by atoms with Gasteiger partial charge >= 0.3 is 0 Å². The average Bonchev–Trinajstić information content (AvgIpc) is 2.80. The van der Waals surface area contributed by atoms with Gasteiger partial charge in [0.15, 0.2) is 5.13 Å². The zero-order valence-electron chi connectivity index (χ0n) is 8.99. The van der Waals surface area contributed by atoms with Gasteiger partial charge in [-0.1, -0.05) is 11.3 Å². The first kappa shape index (κ1) is 10.7. The van der Waals surface area contributed by atoms with E-state index in [4.69, 9.17) is 5.73 Å². The number of fused-ring (bicyclic) bond motifs is 1. The summed E-state index contributed by atoms with van der Waals surface area (Å²) in [4.78, 5) is 5.99. The molecule has 1 fully saturated rings. The Morgan fingerprint density at radius 1 is 1.41 bits per heavy atom. The molecule has 1 aromatic carbocycles. The minimum Gasteiger partial charge on any atom is -0.399 e. The summed E-state index contributed by atoms with van der Waals surface area (Å²) in [6.45, 7) is 0.130. The summed E-state index contributed by atoms with van der Waals surface area (Å²) in [7, 11) is 0. The number of hydrogen-bond acceptors (Lipinski definition) is 4. The van der Waals surface area contributed by atoms with Gasteiger partial charge in [-0.05, 0) is 18.2 Å². The predicted octanol–water partition coefficient (Wildman–Crippen LogP) is 2.72. The fourth-order valence-corrected chi connectivity index (χ4v) is 2.94. The Morgan fingerprint density at radius 2 is 2.24 bits per heavy atom. The Kier molecular flexibility index (Phi) is 2.22. The monoisotopic (exact) mass is 255 g/mol. The quantitative estimate of drug-likeness (QED) is 0.797. The summed E-state index contributed by atoms with van der Waals surface area (Å²) >= 11 is 1.43. The summed E-state index contributed by atoms with van der Waals surface area (Å²) in [6.07, 6.45) is -0.0922. The van der Waals surface area contributed by atoms with Gasteiger partial charge in [-0.25, -0.2) is 13.8 Å². The van der Waals surface area contributed by atoms with Gasteiger partial charge in [0.05, 0.1) is 16.8 Å². The topological polar surface area (TPSA) is 42.1 Å². The molecular formula is C11H11F2N3S. The molecule has 2 heterocycles. The van der Waals surface area contributed by atoms with Crippen molar-refractivity contribution in [2.45, 2.75) is 12.3 Å². The molecule has 1 saturated heterocycles. The number of rotatable bonds is 1. The maximum Gasteiger partial charge on any atom is 0.267 e. The molecule has 0 atom stereocenters. The second-order valence-corrected chi connectivity index (χ2v) is 5.26. The van der Waals surface area contributed by atoms with Gasteiger partial charge in [-0.15, -0.1) is 0 Å². The molecule has 6 heteroatoms. The lowest BCUT2D eigenvalue weighted by Gasteiger charge is -2.13. The average molecular weight is 255 g/mol. The second-order valence-electron chi connectivity index (χ2n) is 4.25. The van der Waals surface area contributed by atoms with Crippen LogP contribution in [-0.4, -0.2) is 24.0 Å². The van der Waals surface area contributed by atoms with Crippen molar-refractivity contribution in [3.05, 3.63) is 18.2 Å². The third kappa shape index (κ3) is 1.93. The lowest BCUT2D eigenvalue weighted by Crippen LogP contribution is -2.24. The van der Waals surface area contributed by atoms with Crippen molar-refractivity contribution in [1.82, 2.24) is 4.98 Å². The third-order valence-electron chi connectivity index (χ3n) is 2.84. The lowest BCUT2D eigenvalue weighted by atomic mass is 10.3. The molecule has 0 radical (unpaired) electrons. The van der Waals surface area contributed by atoms with Crippen LogP contribution in [0.5, 0.6) is 0 Å². The minimum atomic E-state index is -2.59. The number of hydrogen-bond donors (Lipinski definition) is 1. The number of anilines is 2. The van der Waals surface area contributed by atoms with Gasteiger partial charge in [0, 0.05) is 18.7 Å². The first-order valence-corrected chi connectivity index (χ1v) is 6.14. The zero-order valence-corrected chi connectivity index (χ0v) is 9.81. The standard InChI is InChI=1S/C11H11F2N3S/c12-11(13)3-4-16(6-11)10-15-8-5-7(14)1-2-9(8)17-10/h1-2,5H,3-4,6,14H2. The van der Waals surface area contributed by atoms with E-state index in [9.17, 15) is 8.78 Å². The number of thiazole rings is 1. The van der Waals surface area contributed by atoms with E-state index in [-0.39, 0.29) is 13.0 Å². The number of nitrogen functional groups attached to an aromatic ring is 1. The summed E-state index contributed by atoms with van der Waals surface area (Å²) < 4.78 is 27.2. The highest BCUT2D eigenvalue weighted by atomic mass is 32.1. The Balaban J connectivity index is 1.96. The Labute approximate surface area is 101 Å². The first-order valence-electron chi connectivity index (χ1n) is 5.32. The predicted molar refractivity (Wildman–Crippen MR) is 65.8 cm³/mol. The van der Waals surface area contributed by atoms with Gasteiger partial charge in [-0.2, -0.15) is 0 Å². The molecule has 1 aliphatic heterocycles. The van der Waals surface area contributed by atoms with Crippen LogP contribution in [0.25, 0.3) is 10.2 Å². The Bertz CT molecular complexity index is 567. The first-order chi connectivity index (χ1) is 8.03. The summed E-state index contributed by atoms with van der Waals surface area (Å²) in [5.74, 6) is -2.59. The molecule has 0 bridgehead atoms. The van der Waals surface area contributed by atoms with Crippen molar-refractivity contribution in [3.63, 3.8) is 0 Å². The van der Waals surface area contributed by atoms with Crippen molar-refractivity contribution >= 4 is 32.4 Å². The van der Waals surface area contributed by atoms with Gasteiger partial charge in [0.1, 0.15) is 0 Å². The second kappa shape index (κ2) is 3.53. The van der Waals surface area contributed by atoms with Gasteiger partial charge in [0.25, 0.3) is 5.92 Å². The minimum absolute atomic E-state index is 0.0922. The summed E-state index contributed by atoms with van der Waals surface area (Å²) in [5.41, 5.74) is 7.08. The molecule has 1 aliphatic rings. The summed E-state index contributed by atoms with van der Waals surface area (Å²) in [6, 6.07) is 5.44. The molecule has 17 heavy (non-hydrogen) atoms. The molecule has 3 nitrogen and oxygen atoms in total. The number of nitrogens with zero attached hydrogens (tertiary/aromatic N) is 2. The van der Waals surface area contributed by atoms with Crippen molar-refractivity contribution in [1.29, 1.82) is 0 Å². The molecule has 2 aromatic rings. The molecule has 3 rings (SSSR count). The van der Waals surface area contributed by atoms with Crippen LogP contribution >= 0.6 is 11.3 Å². The van der Waals surface area contributed by atoms with E-state index in [0.29, 0.717) is 17.4 Å². The normalized spacial score (nSPS) is 19.1. The zero-order chi connectivity index (χ0) is 12.0. The number of benzene rings is 1. The van der Waals surface area contributed by atoms with Gasteiger partial charge in [0.2, 0.25) is 0 Å². The molecule has 0 saturated carbocycles. The van der Waals surface area contributed by atoms with Crippen LogP contribution in [0.1, 0.15) is 6.42 Å². The van der Waals surface area contributed by atoms with Gasteiger partial charge < -0.3 is 10.6 Å². The molecular weight excluding hydrogens is 244 g/mol. The van der Waals surface area contributed by atoms with E-state index in [1.165, 1.54) is 11.3 Å². The fourth-order valence-electron chi connectivity index (χ4n) is 1.97. The van der Waals surface area contributed by atoms with Crippen molar-refractivity contribution in [3.8, 4) is 0 Å². The maximum absolute atomic E-state index is 13.1. The fraction of sp³-hybridized carbons (Fsp3) is 0.364. The SMILES string of the molecule is Nc1ccc2sc(N3CCC(F)(F)C3)nc2c1. The highest BCUT2D eigenvalue weighted by Gasteiger charge is 2.39. The molecule has 0 spiro atoms. The van der Waals surface area contributed by atoms with Crippen molar-refractivity contribution < 1.29 is 8.78 Å². The van der Waals surface area contributed by atoms with E-state index in [0.717, 1.165) is 10.2 Å². The van der Waals surface area contributed by atoms with Crippen LogP contribution < -0.4 is 10.6 Å². The van der Waals surface area contributed by atoms with Crippen LogP contribution in [0.15, 0.2) is 18.2 Å². The molecule has 0 unspecified atom stereocenters. The highest BCUT2D eigenvalue weighted by molar-refractivity contribution is 7.22. The van der Waals surface area contributed by atoms with Crippen molar-refractivity contribution in [2.75, 3.05) is 23.7 Å².